The summed E-state index contributed by atoms with van der Waals surface area (Å²) in [5.41, 5.74) is 3.93. The van der Waals surface area contributed by atoms with E-state index >= 15 is 0 Å². The van der Waals surface area contributed by atoms with Crippen LogP contribution in [0.3, 0.4) is 0 Å². The normalized spacial score (nSPS) is 16.3. The number of halogens is 1. The molecule has 0 spiro atoms. The number of carbonyl (C=O) groups excluding carboxylic acids is 2. The van der Waals surface area contributed by atoms with Crippen LogP contribution in [0.2, 0.25) is 0 Å². The largest absolute Gasteiger partial charge is 0.492 e. The number of aryl methyl sites for hydroxylation is 2. The smallest absolute Gasteiger partial charge is 0.255 e. The summed E-state index contributed by atoms with van der Waals surface area (Å²) in [7, 11) is 1.50. The molecule has 37 heavy (non-hydrogen) atoms. The number of carbonyl (C=O) groups is 2. The second kappa shape index (κ2) is 10.5. The average molecular weight is 510 g/mol. The van der Waals surface area contributed by atoms with E-state index in [-0.39, 0.29) is 30.3 Å². The highest BCUT2D eigenvalue weighted by Gasteiger charge is 2.28. The molecule has 0 radical (unpaired) electrons. The molecule has 10 heteroatoms. The Morgan fingerprint density at radius 2 is 1.92 bits per heavy atom. The molecule has 3 aromatic rings. The van der Waals surface area contributed by atoms with Gasteiger partial charge in [-0.05, 0) is 57.1 Å². The molecule has 9 nitrogen and oxygen atoms in total. The Morgan fingerprint density at radius 1 is 1.16 bits per heavy atom. The van der Waals surface area contributed by atoms with Gasteiger partial charge in [-0.15, -0.1) is 0 Å². The Labute approximate surface area is 214 Å². The van der Waals surface area contributed by atoms with Crippen LogP contribution in [0, 0.1) is 25.6 Å². The Morgan fingerprint density at radius 3 is 2.62 bits per heavy atom. The molecular weight excluding hydrogens is 477 g/mol. The third-order valence-electron chi connectivity index (χ3n) is 7.14. The van der Waals surface area contributed by atoms with Crippen LogP contribution in [0.4, 0.5) is 4.39 Å². The van der Waals surface area contributed by atoms with Crippen molar-refractivity contribution in [2.45, 2.75) is 45.6 Å². The molecule has 1 aliphatic heterocycles. The fraction of sp³-hybridized carbons (Fsp3) is 0.481. The first-order valence-electron chi connectivity index (χ1n) is 12.7. The minimum atomic E-state index is -0.336. The monoisotopic (exact) mass is 509 g/mol. The standard InChI is InChI=1S/C27H32FN5O4/c1-15-10-19(21(11-20(15)28)37-12-17-4-5-17)24-26-25(30-14-29-24)23(16(2)31-26)27(35)32-18-6-8-33(9-7-18)22(34)13-36-3/h10-11,14,17-18,31H,4-9,12-13H2,1-3H3,(H,32,35). The lowest BCUT2D eigenvalue weighted by atomic mass is 10.0. The van der Waals surface area contributed by atoms with E-state index in [9.17, 15) is 14.0 Å². The van der Waals surface area contributed by atoms with Crippen molar-refractivity contribution >= 4 is 22.8 Å². The van der Waals surface area contributed by atoms with E-state index in [1.165, 1.54) is 19.5 Å². The summed E-state index contributed by atoms with van der Waals surface area (Å²) in [5.74, 6) is 0.340. The van der Waals surface area contributed by atoms with Crippen molar-refractivity contribution in [3.8, 4) is 17.0 Å². The maximum atomic E-state index is 14.4. The average Bonchev–Trinajstić information content (AvgIpc) is 3.64. The predicted octanol–water partition coefficient (Wildman–Crippen LogP) is 3.54. The van der Waals surface area contributed by atoms with E-state index in [1.807, 2.05) is 6.92 Å². The number of rotatable bonds is 8. The first kappa shape index (κ1) is 25.1. The zero-order chi connectivity index (χ0) is 26.1. The molecule has 1 saturated heterocycles. The number of methoxy groups -OCH3 is 1. The molecule has 2 aliphatic rings. The third-order valence-corrected chi connectivity index (χ3v) is 7.14. The molecule has 0 unspecified atom stereocenters. The first-order valence-corrected chi connectivity index (χ1v) is 12.7. The Kier molecular flexibility index (Phi) is 7.10. The number of hydrogen-bond donors (Lipinski definition) is 2. The lowest BCUT2D eigenvalue weighted by molar-refractivity contribution is -0.136. The molecule has 2 fully saturated rings. The van der Waals surface area contributed by atoms with E-state index in [1.54, 1.807) is 17.9 Å². The van der Waals surface area contributed by atoms with Crippen molar-refractivity contribution in [1.29, 1.82) is 0 Å². The Hall–Kier alpha value is -3.53. The van der Waals surface area contributed by atoms with Gasteiger partial charge in [-0.1, -0.05) is 0 Å². The number of piperidine rings is 1. The molecule has 3 heterocycles. The van der Waals surface area contributed by atoms with Gasteiger partial charge in [-0.2, -0.15) is 0 Å². The molecule has 2 amide bonds. The van der Waals surface area contributed by atoms with Crippen molar-refractivity contribution in [1.82, 2.24) is 25.2 Å². The zero-order valence-corrected chi connectivity index (χ0v) is 21.4. The molecule has 0 bridgehead atoms. The lowest BCUT2D eigenvalue weighted by Crippen LogP contribution is -2.47. The van der Waals surface area contributed by atoms with E-state index in [0.717, 1.165) is 12.8 Å². The summed E-state index contributed by atoms with van der Waals surface area (Å²) in [4.78, 5) is 39.4. The number of nitrogens with zero attached hydrogens (tertiary/aromatic N) is 3. The van der Waals surface area contributed by atoms with Crippen LogP contribution >= 0.6 is 0 Å². The second-order valence-electron chi connectivity index (χ2n) is 9.98. The number of ether oxygens (including phenoxy) is 2. The van der Waals surface area contributed by atoms with Gasteiger partial charge in [0.25, 0.3) is 5.91 Å². The van der Waals surface area contributed by atoms with E-state index in [2.05, 4.69) is 20.3 Å². The second-order valence-corrected chi connectivity index (χ2v) is 9.98. The number of fused-ring (bicyclic) bond motifs is 1. The molecule has 2 N–H and O–H groups in total. The molecule has 1 aliphatic carbocycles. The highest BCUT2D eigenvalue weighted by molar-refractivity contribution is 6.09. The SMILES string of the molecule is COCC(=O)N1CCC(NC(=O)c2c(C)[nH]c3c(-c4cc(C)c(F)cc4OCC4CC4)ncnc23)CC1. The molecular formula is C27H32FN5O4. The minimum Gasteiger partial charge on any atom is -0.492 e. The first-order chi connectivity index (χ1) is 17.9. The fourth-order valence-electron chi connectivity index (χ4n) is 4.81. The van der Waals surface area contributed by atoms with E-state index < -0.39 is 0 Å². The van der Waals surface area contributed by atoms with Crippen molar-refractivity contribution in [3.63, 3.8) is 0 Å². The lowest BCUT2D eigenvalue weighted by Gasteiger charge is -2.32. The zero-order valence-electron chi connectivity index (χ0n) is 21.4. The summed E-state index contributed by atoms with van der Waals surface area (Å²) in [6.07, 6.45) is 5.00. The van der Waals surface area contributed by atoms with Crippen LogP contribution in [-0.4, -0.2) is 71.1 Å². The maximum Gasteiger partial charge on any atom is 0.255 e. The molecule has 196 valence electrons. The van der Waals surface area contributed by atoms with Crippen LogP contribution in [0.25, 0.3) is 22.3 Å². The van der Waals surface area contributed by atoms with Gasteiger partial charge in [-0.25, -0.2) is 14.4 Å². The van der Waals surface area contributed by atoms with Gasteiger partial charge in [0.2, 0.25) is 5.91 Å². The minimum absolute atomic E-state index is 0.0412. The van der Waals surface area contributed by atoms with Gasteiger partial charge in [0.05, 0.1) is 17.7 Å². The highest BCUT2D eigenvalue weighted by atomic mass is 19.1. The van der Waals surface area contributed by atoms with Crippen LogP contribution in [-0.2, 0) is 9.53 Å². The van der Waals surface area contributed by atoms with Gasteiger partial charge >= 0.3 is 0 Å². The number of aromatic amines is 1. The van der Waals surface area contributed by atoms with Gasteiger partial charge in [0.15, 0.2) is 0 Å². The van der Waals surface area contributed by atoms with Crippen LogP contribution in [0.1, 0.15) is 47.3 Å². The van der Waals surface area contributed by atoms with E-state index in [4.69, 9.17) is 9.47 Å². The number of hydrogen-bond acceptors (Lipinski definition) is 6. The van der Waals surface area contributed by atoms with Crippen LogP contribution in [0.5, 0.6) is 5.75 Å². The van der Waals surface area contributed by atoms with Crippen molar-refractivity contribution in [3.05, 3.63) is 41.1 Å². The number of nitrogens with one attached hydrogen (secondary N) is 2. The number of H-pyrrole nitrogens is 1. The quantitative estimate of drug-likeness (QED) is 0.481. The van der Waals surface area contributed by atoms with Gasteiger partial charge < -0.3 is 24.7 Å². The Balaban J connectivity index is 1.40. The number of likely N-dealkylation sites (tertiary alicyclic amines) is 1. The van der Waals surface area contributed by atoms with Gasteiger partial charge in [-0.3, -0.25) is 9.59 Å². The number of benzene rings is 1. The molecule has 5 rings (SSSR count). The topological polar surface area (TPSA) is 109 Å². The maximum absolute atomic E-state index is 14.4. The van der Waals surface area contributed by atoms with Crippen LogP contribution in [0.15, 0.2) is 18.5 Å². The molecule has 1 aromatic carbocycles. The van der Waals surface area contributed by atoms with Gasteiger partial charge in [0.1, 0.15) is 35.7 Å². The summed E-state index contributed by atoms with van der Waals surface area (Å²) in [5, 5.41) is 3.11. The van der Waals surface area contributed by atoms with Crippen molar-refractivity contribution in [2.24, 2.45) is 5.92 Å². The molecule has 2 aromatic heterocycles. The highest BCUT2D eigenvalue weighted by Crippen LogP contribution is 2.37. The van der Waals surface area contributed by atoms with E-state index in [0.29, 0.717) is 83.3 Å². The number of aromatic nitrogens is 3. The van der Waals surface area contributed by atoms with Gasteiger partial charge in [0, 0.05) is 43.6 Å². The summed E-state index contributed by atoms with van der Waals surface area (Å²) in [6.45, 7) is 5.27. The van der Waals surface area contributed by atoms with Crippen molar-refractivity contribution in [2.75, 3.05) is 33.4 Å². The predicted molar refractivity (Wildman–Crippen MR) is 136 cm³/mol. The van der Waals surface area contributed by atoms with Crippen molar-refractivity contribution < 1.29 is 23.5 Å². The summed E-state index contributed by atoms with van der Waals surface area (Å²) < 4.78 is 25.4. The summed E-state index contributed by atoms with van der Waals surface area (Å²) >= 11 is 0. The third kappa shape index (κ3) is 5.29. The molecule has 0 atom stereocenters. The Bertz CT molecular complexity index is 1330. The number of amides is 2. The summed E-state index contributed by atoms with van der Waals surface area (Å²) in [6, 6.07) is 3.09. The van der Waals surface area contributed by atoms with Crippen LogP contribution < -0.4 is 10.1 Å². The molecule has 1 saturated carbocycles. The fourth-order valence-corrected chi connectivity index (χ4v) is 4.81.